The van der Waals surface area contributed by atoms with Gasteiger partial charge in [0.2, 0.25) is 5.91 Å². The third kappa shape index (κ3) is 3.48. The Morgan fingerprint density at radius 3 is 2.80 bits per heavy atom. The Balaban J connectivity index is 1.79. The molecule has 0 aliphatic carbocycles. The molecule has 0 unspecified atom stereocenters. The molecule has 1 aliphatic heterocycles. The van der Waals surface area contributed by atoms with Gasteiger partial charge in [-0.25, -0.2) is 13.4 Å². The summed E-state index contributed by atoms with van der Waals surface area (Å²) in [5.74, 6) is 0.166. The summed E-state index contributed by atoms with van der Waals surface area (Å²) in [7, 11) is -2.11. The predicted molar refractivity (Wildman–Crippen MR) is 97.3 cm³/mol. The van der Waals surface area contributed by atoms with E-state index in [4.69, 9.17) is 0 Å². The van der Waals surface area contributed by atoms with E-state index in [0.29, 0.717) is 12.1 Å². The lowest BCUT2D eigenvalue weighted by molar-refractivity contribution is -0.117. The fourth-order valence-corrected chi connectivity index (χ4v) is 3.62. The average Bonchev–Trinajstić information content (AvgIpc) is 2.88. The zero-order valence-electron chi connectivity index (χ0n) is 13.7. The average molecular weight is 358 g/mol. The number of fused-ring (bicyclic) bond motifs is 1. The van der Waals surface area contributed by atoms with Crippen LogP contribution in [0.25, 0.3) is 0 Å². The molecule has 0 bridgehead atoms. The first kappa shape index (κ1) is 17.0. The minimum absolute atomic E-state index is 0.0539. The maximum Gasteiger partial charge on any atom is 0.263 e. The fraction of sp³-hybridized carbons (Fsp3) is 0.176. The van der Waals surface area contributed by atoms with Crippen LogP contribution in [-0.4, -0.2) is 32.9 Å². The molecule has 0 saturated carbocycles. The van der Waals surface area contributed by atoms with Crippen molar-refractivity contribution in [1.82, 2.24) is 4.98 Å². The highest BCUT2D eigenvalue weighted by Gasteiger charge is 2.26. The van der Waals surface area contributed by atoms with Crippen LogP contribution in [0.2, 0.25) is 0 Å². The molecule has 0 spiro atoms. The summed E-state index contributed by atoms with van der Waals surface area (Å²) in [6.45, 7) is 4.20. The van der Waals surface area contributed by atoms with E-state index >= 15 is 0 Å². The molecule has 1 amide bonds. The molecule has 130 valence electrons. The van der Waals surface area contributed by atoms with E-state index in [1.807, 2.05) is 0 Å². The van der Waals surface area contributed by atoms with Gasteiger partial charge in [0.25, 0.3) is 10.0 Å². The van der Waals surface area contributed by atoms with Gasteiger partial charge < -0.3 is 10.2 Å². The highest BCUT2D eigenvalue weighted by molar-refractivity contribution is 7.92. The molecule has 1 aromatic heterocycles. The molecule has 0 saturated heterocycles. The van der Waals surface area contributed by atoms with Crippen LogP contribution < -0.4 is 14.9 Å². The van der Waals surface area contributed by atoms with Gasteiger partial charge in [0.05, 0.1) is 23.2 Å². The highest BCUT2D eigenvalue weighted by atomic mass is 32.2. The first-order valence-corrected chi connectivity index (χ1v) is 9.12. The number of carbonyl (C=O) groups is 1. The van der Waals surface area contributed by atoms with Crippen LogP contribution in [0.4, 0.5) is 17.2 Å². The van der Waals surface area contributed by atoms with Crippen molar-refractivity contribution >= 4 is 33.1 Å². The van der Waals surface area contributed by atoms with Gasteiger partial charge in [-0.15, -0.1) is 6.58 Å². The van der Waals surface area contributed by atoms with E-state index in [1.165, 1.54) is 23.2 Å². The quantitative estimate of drug-likeness (QED) is 0.771. The molecule has 2 aromatic rings. The number of amides is 1. The highest BCUT2D eigenvalue weighted by Crippen LogP contribution is 2.30. The van der Waals surface area contributed by atoms with Gasteiger partial charge in [-0.3, -0.25) is 9.52 Å². The zero-order valence-corrected chi connectivity index (χ0v) is 14.5. The summed E-state index contributed by atoms with van der Waals surface area (Å²) < 4.78 is 27.5. The largest absolute Gasteiger partial charge is 0.380 e. The molecular formula is C17H18N4O3S. The molecule has 1 aromatic carbocycles. The van der Waals surface area contributed by atoms with Crippen molar-refractivity contribution in [2.45, 2.75) is 11.3 Å². The van der Waals surface area contributed by atoms with E-state index in [0.717, 1.165) is 11.4 Å². The number of aromatic nitrogens is 1. The molecule has 0 fully saturated rings. The Kier molecular flexibility index (Phi) is 4.45. The molecule has 3 rings (SSSR count). The monoisotopic (exact) mass is 358 g/mol. The van der Waals surface area contributed by atoms with Crippen LogP contribution in [0.1, 0.15) is 5.56 Å². The van der Waals surface area contributed by atoms with Crippen molar-refractivity contribution in [2.75, 3.05) is 28.5 Å². The van der Waals surface area contributed by atoms with E-state index in [9.17, 15) is 13.2 Å². The van der Waals surface area contributed by atoms with E-state index < -0.39 is 10.0 Å². The first-order chi connectivity index (χ1) is 11.9. The second-order valence-corrected chi connectivity index (χ2v) is 7.31. The second-order valence-electron chi connectivity index (χ2n) is 5.63. The molecule has 25 heavy (non-hydrogen) atoms. The summed E-state index contributed by atoms with van der Waals surface area (Å²) in [4.78, 5) is 17.4. The van der Waals surface area contributed by atoms with Gasteiger partial charge in [-0.1, -0.05) is 6.08 Å². The normalized spacial score (nSPS) is 13.5. The Morgan fingerprint density at radius 2 is 2.12 bits per heavy atom. The third-order valence-corrected chi connectivity index (χ3v) is 5.24. The number of hydrogen-bond acceptors (Lipinski definition) is 5. The molecular weight excluding hydrogens is 340 g/mol. The predicted octanol–water partition coefficient (Wildman–Crippen LogP) is 2.00. The standard InChI is InChI=1S/C17H18N4O3S/c1-3-8-18-13-4-7-16(19-11-13)20-25(23,24)14-5-6-15-12(9-14)10-17(22)21(15)2/h3-7,9,11,18H,1,8,10H2,2H3,(H,19,20). The van der Waals surface area contributed by atoms with Crippen molar-refractivity contribution in [1.29, 1.82) is 0 Å². The Labute approximate surface area is 146 Å². The molecule has 2 heterocycles. The van der Waals surface area contributed by atoms with Crippen LogP contribution >= 0.6 is 0 Å². The Bertz CT molecular complexity index is 923. The van der Waals surface area contributed by atoms with Crippen LogP contribution in [0.5, 0.6) is 0 Å². The molecule has 8 heteroatoms. The molecule has 2 N–H and O–H groups in total. The van der Waals surface area contributed by atoms with Gasteiger partial charge in [-0.05, 0) is 35.9 Å². The van der Waals surface area contributed by atoms with Gasteiger partial charge in [0.1, 0.15) is 5.82 Å². The number of sulfonamides is 1. The van der Waals surface area contributed by atoms with Crippen molar-refractivity contribution in [3.63, 3.8) is 0 Å². The molecule has 0 radical (unpaired) electrons. The van der Waals surface area contributed by atoms with E-state index in [-0.39, 0.29) is 23.0 Å². The number of rotatable bonds is 6. The number of pyridine rings is 1. The molecule has 7 nitrogen and oxygen atoms in total. The van der Waals surface area contributed by atoms with Crippen LogP contribution in [0, 0.1) is 0 Å². The minimum atomic E-state index is -3.78. The van der Waals surface area contributed by atoms with Crippen LogP contribution in [0.15, 0.2) is 54.1 Å². The lowest BCUT2D eigenvalue weighted by Crippen LogP contribution is -2.20. The maximum absolute atomic E-state index is 12.5. The Morgan fingerprint density at radius 1 is 1.32 bits per heavy atom. The molecule has 0 atom stereocenters. The lowest BCUT2D eigenvalue weighted by Gasteiger charge is -2.12. The van der Waals surface area contributed by atoms with E-state index in [2.05, 4.69) is 21.6 Å². The van der Waals surface area contributed by atoms with E-state index in [1.54, 1.807) is 31.3 Å². The number of nitrogens with zero attached hydrogens (tertiary/aromatic N) is 2. The topological polar surface area (TPSA) is 91.4 Å². The fourth-order valence-electron chi connectivity index (χ4n) is 2.56. The summed E-state index contributed by atoms with van der Waals surface area (Å²) in [5, 5.41) is 3.06. The SMILES string of the molecule is C=CCNc1ccc(NS(=O)(=O)c2ccc3c(c2)CC(=O)N3C)nc1. The van der Waals surface area contributed by atoms with Gasteiger partial charge in [0.15, 0.2) is 0 Å². The summed E-state index contributed by atoms with van der Waals surface area (Å²) in [6, 6.07) is 7.96. The number of likely N-dealkylation sites (N-methyl/N-ethyl adjacent to an activating group) is 1. The molecule has 1 aliphatic rings. The summed E-state index contributed by atoms with van der Waals surface area (Å²) >= 11 is 0. The first-order valence-electron chi connectivity index (χ1n) is 7.64. The van der Waals surface area contributed by atoms with Gasteiger partial charge >= 0.3 is 0 Å². The second kappa shape index (κ2) is 6.56. The summed E-state index contributed by atoms with van der Waals surface area (Å²) in [6.07, 6.45) is 3.46. The zero-order chi connectivity index (χ0) is 18.0. The summed E-state index contributed by atoms with van der Waals surface area (Å²) in [5.41, 5.74) is 2.20. The van der Waals surface area contributed by atoms with Crippen molar-refractivity contribution in [2.24, 2.45) is 0 Å². The number of benzene rings is 1. The number of hydrogen-bond donors (Lipinski definition) is 2. The number of nitrogens with one attached hydrogen (secondary N) is 2. The number of anilines is 3. The van der Waals surface area contributed by atoms with Gasteiger partial charge in [-0.2, -0.15) is 0 Å². The third-order valence-electron chi connectivity index (χ3n) is 3.89. The van der Waals surface area contributed by atoms with Crippen molar-refractivity contribution < 1.29 is 13.2 Å². The Hall–Kier alpha value is -2.87. The van der Waals surface area contributed by atoms with Crippen molar-refractivity contribution in [3.8, 4) is 0 Å². The van der Waals surface area contributed by atoms with Crippen molar-refractivity contribution in [3.05, 3.63) is 54.7 Å². The lowest BCUT2D eigenvalue weighted by atomic mass is 10.2. The van der Waals surface area contributed by atoms with Crippen LogP contribution in [-0.2, 0) is 21.2 Å². The van der Waals surface area contributed by atoms with Crippen LogP contribution in [0.3, 0.4) is 0 Å². The smallest absolute Gasteiger partial charge is 0.263 e. The maximum atomic E-state index is 12.5. The number of carbonyl (C=O) groups excluding carboxylic acids is 1. The van der Waals surface area contributed by atoms with Gasteiger partial charge in [0, 0.05) is 19.3 Å². The minimum Gasteiger partial charge on any atom is -0.380 e.